The zero-order chi connectivity index (χ0) is 13.5. The molecule has 0 unspecified atom stereocenters. The van der Waals surface area contributed by atoms with Crippen LogP contribution in [0.1, 0.15) is 23.3 Å². The van der Waals surface area contributed by atoms with Gasteiger partial charge in [-0.25, -0.2) is 9.78 Å². The SMILES string of the molecule is O=c1oc(-c2cccnc2)nc2sc3c(c12)CCCC3. The van der Waals surface area contributed by atoms with E-state index in [4.69, 9.17) is 4.42 Å². The van der Waals surface area contributed by atoms with Crippen molar-refractivity contribution in [3.8, 4) is 11.5 Å². The third kappa shape index (κ3) is 1.78. The van der Waals surface area contributed by atoms with Gasteiger partial charge in [0, 0.05) is 17.3 Å². The Balaban J connectivity index is 1.97. The number of nitrogens with zero attached hydrogens (tertiary/aromatic N) is 2. The number of hydrogen-bond acceptors (Lipinski definition) is 5. The van der Waals surface area contributed by atoms with Crippen LogP contribution in [0, 0.1) is 0 Å². The highest BCUT2D eigenvalue weighted by Gasteiger charge is 2.21. The fourth-order valence-corrected chi connectivity index (χ4v) is 3.95. The monoisotopic (exact) mass is 284 g/mol. The van der Waals surface area contributed by atoms with Crippen LogP contribution in [-0.4, -0.2) is 9.97 Å². The van der Waals surface area contributed by atoms with Gasteiger partial charge < -0.3 is 4.42 Å². The summed E-state index contributed by atoms with van der Waals surface area (Å²) in [5, 5.41) is 0.692. The molecule has 20 heavy (non-hydrogen) atoms. The molecule has 1 aliphatic carbocycles. The summed E-state index contributed by atoms with van der Waals surface area (Å²) in [6.45, 7) is 0. The number of rotatable bonds is 1. The Morgan fingerprint density at radius 3 is 3.00 bits per heavy atom. The minimum atomic E-state index is -0.270. The van der Waals surface area contributed by atoms with Crippen LogP contribution in [0.5, 0.6) is 0 Å². The van der Waals surface area contributed by atoms with Gasteiger partial charge in [0.1, 0.15) is 10.2 Å². The van der Waals surface area contributed by atoms with Gasteiger partial charge in [0.15, 0.2) is 0 Å². The van der Waals surface area contributed by atoms with Gasteiger partial charge in [-0.15, -0.1) is 11.3 Å². The summed E-state index contributed by atoms with van der Waals surface area (Å²) in [5.74, 6) is 0.356. The molecule has 0 radical (unpaired) electrons. The van der Waals surface area contributed by atoms with Crippen molar-refractivity contribution < 1.29 is 4.42 Å². The highest BCUT2D eigenvalue weighted by Crippen LogP contribution is 2.34. The molecule has 4 rings (SSSR count). The lowest BCUT2D eigenvalue weighted by atomic mass is 9.97. The van der Waals surface area contributed by atoms with E-state index >= 15 is 0 Å². The number of aryl methyl sites for hydroxylation is 2. The van der Waals surface area contributed by atoms with E-state index in [0.29, 0.717) is 11.3 Å². The Labute approximate surface area is 119 Å². The van der Waals surface area contributed by atoms with Crippen molar-refractivity contribution in [3.05, 3.63) is 45.4 Å². The summed E-state index contributed by atoms with van der Waals surface area (Å²) >= 11 is 1.63. The Morgan fingerprint density at radius 1 is 1.25 bits per heavy atom. The average Bonchev–Trinajstić information content (AvgIpc) is 2.87. The molecule has 0 spiro atoms. The van der Waals surface area contributed by atoms with E-state index in [-0.39, 0.29) is 5.63 Å². The van der Waals surface area contributed by atoms with Gasteiger partial charge in [0.05, 0.1) is 5.56 Å². The third-order valence-electron chi connectivity index (χ3n) is 3.66. The molecule has 0 saturated carbocycles. The fraction of sp³-hybridized carbons (Fsp3) is 0.267. The van der Waals surface area contributed by atoms with Gasteiger partial charge >= 0.3 is 5.63 Å². The minimum Gasteiger partial charge on any atom is -0.403 e. The summed E-state index contributed by atoms with van der Waals surface area (Å²) in [7, 11) is 0. The Morgan fingerprint density at radius 2 is 2.15 bits per heavy atom. The Bertz CT molecular complexity index is 836. The molecule has 0 saturated heterocycles. The van der Waals surface area contributed by atoms with E-state index < -0.39 is 0 Å². The van der Waals surface area contributed by atoms with Crippen molar-refractivity contribution in [1.29, 1.82) is 0 Å². The summed E-state index contributed by atoms with van der Waals surface area (Å²) in [4.78, 5) is 22.9. The van der Waals surface area contributed by atoms with Crippen LogP contribution >= 0.6 is 11.3 Å². The molecule has 5 heteroatoms. The van der Waals surface area contributed by atoms with Crippen LogP contribution in [0.2, 0.25) is 0 Å². The molecule has 3 heterocycles. The van der Waals surface area contributed by atoms with E-state index in [1.807, 2.05) is 6.07 Å². The summed E-state index contributed by atoms with van der Waals surface area (Å²) in [6.07, 6.45) is 7.70. The van der Waals surface area contributed by atoms with Crippen molar-refractivity contribution in [3.63, 3.8) is 0 Å². The summed E-state index contributed by atoms with van der Waals surface area (Å²) < 4.78 is 5.40. The van der Waals surface area contributed by atoms with Crippen molar-refractivity contribution in [2.45, 2.75) is 25.7 Å². The molecule has 100 valence electrons. The lowest BCUT2D eigenvalue weighted by molar-refractivity contribution is 0.518. The number of aromatic nitrogens is 2. The zero-order valence-corrected chi connectivity index (χ0v) is 11.6. The van der Waals surface area contributed by atoms with E-state index in [9.17, 15) is 4.79 Å². The maximum absolute atomic E-state index is 12.3. The van der Waals surface area contributed by atoms with Crippen LogP contribution in [-0.2, 0) is 12.8 Å². The molecular weight excluding hydrogens is 272 g/mol. The topological polar surface area (TPSA) is 56.0 Å². The van der Waals surface area contributed by atoms with Crippen molar-refractivity contribution >= 4 is 21.6 Å². The first-order chi connectivity index (χ1) is 9.83. The van der Waals surface area contributed by atoms with Gasteiger partial charge in [-0.05, 0) is 43.4 Å². The standard InChI is InChI=1S/C15H12N2O2S/c18-15-12-10-5-1-2-6-11(10)20-14(12)17-13(19-15)9-4-3-7-16-8-9/h3-4,7-8H,1-2,5-6H2. The molecular formula is C15H12N2O2S. The van der Waals surface area contributed by atoms with Crippen LogP contribution in [0.15, 0.2) is 33.7 Å². The molecule has 0 aromatic carbocycles. The quantitative estimate of drug-likeness (QED) is 0.688. The first-order valence-electron chi connectivity index (χ1n) is 6.69. The van der Waals surface area contributed by atoms with Gasteiger partial charge in [-0.1, -0.05) is 0 Å². The Kier molecular flexibility index (Phi) is 2.67. The lowest BCUT2D eigenvalue weighted by Crippen LogP contribution is -2.06. The molecule has 0 fully saturated rings. The van der Waals surface area contributed by atoms with E-state index in [2.05, 4.69) is 9.97 Å². The van der Waals surface area contributed by atoms with Crippen molar-refractivity contribution in [1.82, 2.24) is 9.97 Å². The number of hydrogen-bond donors (Lipinski definition) is 0. The van der Waals surface area contributed by atoms with Gasteiger partial charge in [0.2, 0.25) is 5.89 Å². The zero-order valence-electron chi connectivity index (χ0n) is 10.8. The number of thiophene rings is 1. The second kappa shape index (κ2) is 4.52. The molecule has 4 nitrogen and oxygen atoms in total. The molecule has 0 N–H and O–H groups in total. The van der Waals surface area contributed by atoms with Gasteiger partial charge in [-0.2, -0.15) is 0 Å². The third-order valence-corrected chi connectivity index (χ3v) is 4.84. The first-order valence-corrected chi connectivity index (χ1v) is 7.50. The van der Waals surface area contributed by atoms with Crippen LogP contribution in [0.25, 0.3) is 21.7 Å². The molecule has 3 aromatic heterocycles. The van der Waals surface area contributed by atoms with Gasteiger partial charge in [-0.3, -0.25) is 4.98 Å². The molecule has 3 aromatic rings. The average molecular weight is 284 g/mol. The predicted molar refractivity (Wildman–Crippen MR) is 78.0 cm³/mol. The maximum atomic E-state index is 12.3. The van der Waals surface area contributed by atoms with E-state index in [0.717, 1.165) is 35.2 Å². The maximum Gasteiger partial charge on any atom is 0.348 e. The smallest absolute Gasteiger partial charge is 0.348 e. The molecule has 0 atom stereocenters. The van der Waals surface area contributed by atoms with Crippen LogP contribution < -0.4 is 5.63 Å². The second-order valence-electron chi connectivity index (χ2n) is 4.94. The van der Waals surface area contributed by atoms with E-state index in [1.165, 1.54) is 11.3 Å². The Hall–Kier alpha value is -2.01. The molecule has 0 bridgehead atoms. The first kappa shape index (κ1) is 11.8. The molecule has 1 aliphatic rings. The number of pyridine rings is 1. The summed E-state index contributed by atoms with van der Waals surface area (Å²) in [5.41, 5.74) is 1.63. The minimum absolute atomic E-state index is 0.270. The molecule has 0 amide bonds. The van der Waals surface area contributed by atoms with Gasteiger partial charge in [0.25, 0.3) is 0 Å². The predicted octanol–water partition coefficient (Wildman–Crippen LogP) is 3.19. The van der Waals surface area contributed by atoms with Crippen LogP contribution in [0.4, 0.5) is 0 Å². The van der Waals surface area contributed by atoms with Crippen molar-refractivity contribution in [2.75, 3.05) is 0 Å². The van der Waals surface area contributed by atoms with E-state index in [1.54, 1.807) is 29.8 Å². The molecule has 0 aliphatic heterocycles. The normalized spacial score (nSPS) is 14.4. The van der Waals surface area contributed by atoms with Crippen molar-refractivity contribution in [2.24, 2.45) is 0 Å². The summed E-state index contributed by atoms with van der Waals surface area (Å²) in [6, 6.07) is 3.65. The van der Waals surface area contributed by atoms with Crippen LogP contribution in [0.3, 0.4) is 0 Å². The fourth-order valence-electron chi connectivity index (χ4n) is 2.71. The number of fused-ring (bicyclic) bond motifs is 3. The lowest BCUT2D eigenvalue weighted by Gasteiger charge is -2.09. The highest BCUT2D eigenvalue weighted by atomic mass is 32.1. The largest absolute Gasteiger partial charge is 0.403 e. The second-order valence-corrected chi connectivity index (χ2v) is 6.02. The highest BCUT2D eigenvalue weighted by molar-refractivity contribution is 7.18.